The fraction of sp³-hybridized carbons (Fsp3) is 0. The van der Waals surface area contributed by atoms with Crippen LogP contribution in [-0.2, 0) is 0 Å². The Labute approximate surface area is 128 Å². The number of amides is 1. The highest BCUT2D eigenvalue weighted by Gasteiger charge is 2.11. The zero-order valence-electron chi connectivity index (χ0n) is 9.45. The van der Waals surface area contributed by atoms with Crippen LogP contribution >= 0.6 is 40.2 Å². The van der Waals surface area contributed by atoms with E-state index in [1.165, 1.54) is 12.1 Å². The molecule has 0 radical (unpaired) electrons. The molecule has 0 saturated heterocycles. The van der Waals surface area contributed by atoms with Crippen LogP contribution in [0.25, 0.3) is 0 Å². The number of carbonyl (C=O) groups is 1. The summed E-state index contributed by atoms with van der Waals surface area (Å²) in [5.74, 6) is -0.866. The predicted molar refractivity (Wildman–Crippen MR) is 80.8 cm³/mol. The van der Waals surface area contributed by atoms with Crippen molar-refractivity contribution in [3.05, 3.63) is 57.3 Å². The highest BCUT2D eigenvalue weighted by molar-refractivity contribution is 9.10. The van der Waals surface area contributed by atoms with Crippen molar-refractivity contribution in [3.8, 4) is 0 Å². The number of carbonyl (C=O) groups excluding carboxylic acids is 1. The van der Waals surface area contributed by atoms with Crippen molar-refractivity contribution in [2.24, 2.45) is 0 Å². The lowest BCUT2D eigenvalue weighted by Gasteiger charge is -2.08. The van der Waals surface area contributed by atoms with Gasteiger partial charge in [-0.1, -0.05) is 11.6 Å². The Balaban J connectivity index is 2.25. The topological polar surface area (TPSA) is 29.1 Å². The number of thiol groups is 1. The molecule has 0 unspecified atom stereocenters. The van der Waals surface area contributed by atoms with Crippen molar-refractivity contribution in [2.75, 3.05) is 5.32 Å². The van der Waals surface area contributed by atoms with E-state index in [1.54, 1.807) is 24.3 Å². The third-order valence-corrected chi connectivity index (χ3v) is 3.62. The van der Waals surface area contributed by atoms with Crippen molar-refractivity contribution in [1.29, 1.82) is 0 Å². The van der Waals surface area contributed by atoms with Gasteiger partial charge >= 0.3 is 0 Å². The quantitative estimate of drug-likeness (QED) is 0.741. The van der Waals surface area contributed by atoms with Gasteiger partial charge in [0.05, 0.1) is 15.1 Å². The summed E-state index contributed by atoms with van der Waals surface area (Å²) in [7, 11) is 0. The van der Waals surface area contributed by atoms with Crippen molar-refractivity contribution in [3.63, 3.8) is 0 Å². The molecular weight excluding hydrogens is 353 g/mol. The predicted octanol–water partition coefficient (Wildman–Crippen LogP) is 4.78. The maximum atomic E-state index is 13.3. The highest BCUT2D eigenvalue weighted by atomic mass is 79.9. The summed E-state index contributed by atoms with van der Waals surface area (Å²) in [6, 6.07) is 9.14. The summed E-state index contributed by atoms with van der Waals surface area (Å²) in [5.41, 5.74) is 0.642. The molecule has 0 aliphatic heterocycles. The zero-order chi connectivity index (χ0) is 14.0. The molecule has 0 saturated carbocycles. The minimum Gasteiger partial charge on any atom is -0.322 e. The Morgan fingerprint density at radius 1 is 1.26 bits per heavy atom. The van der Waals surface area contributed by atoms with E-state index in [4.69, 9.17) is 11.6 Å². The van der Waals surface area contributed by atoms with Gasteiger partial charge in [0.25, 0.3) is 5.91 Å². The number of halogens is 3. The molecule has 0 aliphatic carbocycles. The first-order chi connectivity index (χ1) is 8.97. The van der Waals surface area contributed by atoms with E-state index in [1.807, 2.05) is 0 Å². The van der Waals surface area contributed by atoms with E-state index in [0.717, 1.165) is 0 Å². The number of hydrogen-bond acceptors (Lipinski definition) is 2. The molecule has 1 N–H and O–H groups in total. The minimum atomic E-state index is -0.452. The Morgan fingerprint density at radius 3 is 2.68 bits per heavy atom. The molecule has 2 aromatic rings. The van der Waals surface area contributed by atoms with Crippen LogP contribution in [0.15, 0.2) is 45.8 Å². The van der Waals surface area contributed by atoms with Gasteiger partial charge in [-0.3, -0.25) is 4.79 Å². The van der Waals surface area contributed by atoms with Crippen LogP contribution in [0, 0.1) is 5.82 Å². The zero-order valence-corrected chi connectivity index (χ0v) is 12.7. The summed E-state index contributed by atoms with van der Waals surface area (Å²) in [6.07, 6.45) is 0. The first-order valence-electron chi connectivity index (χ1n) is 5.22. The van der Waals surface area contributed by atoms with Crippen molar-refractivity contribution in [2.45, 2.75) is 4.90 Å². The van der Waals surface area contributed by atoms with Gasteiger partial charge in [0.1, 0.15) is 5.82 Å². The van der Waals surface area contributed by atoms with Crippen molar-refractivity contribution in [1.82, 2.24) is 0 Å². The number of rotatable bonds is 2. The standard InChI is InChI=1S/C13H8BrClFNOS/c14-10-3-1-7(5-12(10)16)17-13(18)9-6-8(19)2-4-11(9)15/h1-6,19H,(H,17,18). The molecule has 98 valence electrons. The van der Waals surface area contributed by atoms with Crippen LogP contribution in [0.1, 0.15) is 10.4 Å². The molecule has 0 bridgehead atoms. The maximum absolute atomic E-state index is 13.3. The molecule has 0 heterocycles. The van der Waals surface area contributed by atoms with Gasteiger partial charge < -0.3 is 5.32 Å². The third kappa shape index (κ3) is 3.49. The Bertz CT molecular complexity index is 651. The summed E-state index contributed by atoms with van der Waals surface area (Å²) < 4.78 is 13.7. The SMILES string of the molecule is O=C(Nc1ccc(Br)c(F)c1)c1cc(S)ccc1Cl. The highest BCUT2D eigenvalue weighted by Crippen LogP contribution is 2.23. The van der Waals surface area contributed by atoms with Crippen LogP contribution in [0.3, 0.4) is 0 Å². The maximum Gasteiger partial charge on any atom is 0.257 e. The van der Waals surface area contributed by atoms with Crippen LogP contribution < -0.4 is 5.32 Å². The summed E-state index contributed by atoms with van der Waals surface area (Å²) in [6.45, 7) is 0. The molecule has 6 heteroatoms. The Hall–Kier alpha value is -1.04. The van der Waals surface area contributed by atoms with Crippen LogP contribution in [0.2, 0.25) is 5.02 Å². The molecule has 2 aromatic carbocycles. The third-order valence-electron chi connectivity index (χ3n) is 2.37. The average Bonchev–Trinajstić information content (AvgIpc) is 2.36. The fourth-order valence-corrected chi connectivity index (χ4v) is 2.11. The molecule has 19 heavy (non-hydrogen) atoms. The van der Waals surface area contributed by atoms with E-state index in [-0.39, 0.29) is 5.56 Å². The van der Waals surface area contributed by atoms with Crippen LogP contribution in [0.5, 0.6) is 0 Å². The molecular formula is C13H8BrClFNOS. The number of benzene rings is 2. The van der Waals surface area contributed by atoms with Gasteiger partial charge in [0.15, 0.2) is 0 Å². The molecule has 0 spiro atoms. The van der Waals surface area contributed by atoms with Gasteiger partial charge in [-0.05, 0) is 52.3 Å². The van der Waals surface area contributed by atoms with Crippen LogP contribution in [0.4, 0.5) is 10.1 Å². The van der Waals surface area contributed by atoms with E-state index in [2.05, 4.69) is 33.9 Å². The first-order valence-corrected chi connectivity index (χ1v) is 6.84. The Morgan fingerprint density at radius 2 is 2.00 bits per heavy atom. The molecule has 2 rings (SSSR count). The molecule has 0 atom stereocenters. The van der Waals surface area contributed by atoms with E-state index >= 15 is 0 Å². The van der Waals surface area contributed by atoms with E-state index < -0.39 is 11.7 Å². The average molecular weight is 361 g/mol. The monoisotopic (exact) mass is 359 g/mol. The largest absolute Gasteiger partial charge is 0.322 e. The fourth-order valence-electron chi connectivity index (χ4n) is 1.46. The van der Waals surface area contributed by atoms with E-state index in [9.17, 15) is 9.18 Å². The number of anilines is 1. The normalized spacial score (nSPS) is 10.3. The second-order valence-electron chi connectivity index (χ2n) is 3.75. The van der Waals surface area contributed by atoms with Crippen molar-refractivity contribution < 1.29 is 9.18 Å². The van der Waals surface area contributed by atoms with Gasteiger partial charge in [0, 0.05) is 10.6 Å². The molecule has 0 aromatic heterocycles. The van der Waals surface area contributed by atoms with Crippen molar-refractivity contribution >= 4 is 51.8 Å². The van der Waals surface area contributed by atoms with Gasteiger partial charge in [-0.25, -0.2) is 4.39 Å². The van der Waals surface area contributed by atoms with Gasteiger partial charge in [0.2, 0.25) is 0 Å². The second kappa shape index (κ2) is 5.94. The summed E-state index contributed by atoms with van der Waals surface area (Å²) in [4.78, 5) is 12.6. The van der Waals surface area contributed by atoms with Crippen LogP contribution in [-0.4, -0.2) is 5.91 Å². The minimum absolute atomic E-state index is 0.289. The summed E-state index contributed by atoms with van der Waals surface area (Å²) in [5, 5.41) is 2.89. The number of nitrogens with one attached hydrogen (secondary N) is 1. The number of hydrogen-bond donors (Lipinski definition) is 2. The smallest absolute Gasteiger partial charge is 0.257 e. The first kappa shape index (κ1) is 14.4. The second-order valence-corrected chi connectivity index (χ2v) is 5.53. The molecule has 1 amide bonds. The Kier molecular flexibility index (Phi) is 4.50. The van der Waals surface area contributed by atoms with E-state index in [0.29, 0.717) is 20.1 Å². The molecule has 0 fully saturated rings. The molecule has 0 aliphatic rings. The van der Waals surface area contributed by atoms with Gasteiger partial charge in [-0.15, -0.1) is 12.6 Å². The molecule has 2 nitrogen and oxygen atoms in total. The summed E-state index contributed by atoms with van der Waals surface area (Å²) >= 11 is 13.1. The lowest BCUT2D eigenvalue weighted by Crippen LogP contribution is -2.12. The van der Waals surface area contributed by atoms with Gasteiger partial charge in [-0.2, -0.15) is 0 Å². The lowest BCUT2D eigenvalue weighted by atomic mass is 10.2. The lowest BCUT2D eigenvalue weighted by molar-refractivity contribution is 0.102.